The van der Waals surface area contributed by atoms with E-state index in [-0.39, 0.29) is 0 Å². The van der Waals surface area contributed by atoms with Gasteiger partial charge in [0.15, 0.2) is 0 Å². The number of fused-ring (bicyclic) bond motifs is 1. The first kappa shape index (κ1) is 34.7. The molecule has 0 heterocycles. The van der Waals surface area contributed by atoms with Crippen LogP contribution in [0.5, 0.6) is 0 Å². The Hall–Kier alpha value is -2.55. The zero-order valence-electron chi connectivity index (χ0n) is 26.9. The molecule has 0 N–H and O–H groups in total. The molecule has 224 valence electrons. The molecule has 0 saturated carbocycles. The third-order valence-corrected chi connectivity index (χ3v) is 8.10. The van der Waals surface area contributed by atoms with E-state index in [0.717, 1.165) is 50.5 Å². The van der Waals surface area contributed by atoms with E-state index in [2.05, 4.69) is 117 Å². The van der Waals surface area contributed by atoms with Crippen molar-refractivity contribution in [3.8, 4) is 0 Å². The Morgan fingerprint density at radius 1 is 0.854 bits per heavy atom. The van der Waals surface area contributed by atoms with Crippen molar-refractivity contribution in [3.63, 3.8) is 0 Å². The van der Waals surface area contributed by atoms with Crippen LogP contribution in [-0.4, -0.2) is 36.0 Å². The van der Waals surface area contributed by atoms with E-state index in [4.69, 9.17) is 11.6 Å². The van der Waals surface area contributed by atoms with Gasteiger partial charge in [-0.3, -0.25) is 0 Å². The van der Waals surface area contributed by atoms with Crippen LogP contribution in [0.3, 0.4) is 0 Å². The quantitative estimate of drug-likeness (QED) is 0.124. The minimum atomic E-state index is 0.499. The molecular weight excluding hydrogens is 520 g/mol. The number of benzene rings is 3. The lowest BCUT2D eigenvalue weighted by molar-refractivity contribution is 0.279. The Kier molecular flexibility index (Phi) is 16.5. The van der Waals surface area contributed by atoms with Gasteiger partial charge in [-0.2, -0.15) is 0 Å². The predicted molar refractivity (Wildman–Crippen MR) is 185 cm³/mol. The van der Waals surface area contributed by atoms with E-state index in [0.29, 0.717) is 5.92 Å². The lowest BCUT2D eigenvalue weighted by Gasteiger charge is -2.27. The molecule has 0 aliphatic rings. The molecule has 2 nitrogen and oxygen atoms in total. The van der Waals surface area contributed by atoms with Crippen molar-refractivity contribution in [1.82, 2.24) is 9.80 Å². The van der Waals surface area contributed by atoms with Crippen LogP contribution in [0.15, 0.2) is 78.5 Å². The van der Waals surface area contributed by atoms with Gasteiger partial charge in [-0.05, 0) is 103 Å². The second-order valence-corrected chi connectivity index (χ2v) is 11.1. The predicted octanol–water partition coefficient (Wildman–Crippen LogP) is 11.4. The molecule has 0 bridgehead atoms. The molecule has 3 heteroatoms. The minimum Gasteiger partial charge on any atom is -0.367 e. The van der Waals surface area contributed by atoms with Gasteiger partial charge in [-0.15, -0.1) is 0 Å². The van der Waals surface area contributed by atoms with Gasteiger partial charge >= 0.3 is 0 Å². The first-order valence-electron chi connectivity index (χ1n) is 16.1. The molecule has 41 heavy (non-hydrogen) atoms. The molecule has 1 unspecified atom stereocenters. The number of hydrogen-bond acceptors (Lipinski definition) is 2. The molecular formula is C38H55ClN2. The number of nitrogens with zero attached hydrogens (tertiary/aromatic N) is 2. The smallest absolute Gasteiger partial charge is 0.0429 e. The van der Waals surface area contributed by atoms with Gasteiger partial charge < -0.3 is 9.80 Å². The van der Waals surface area contributed by atoms with Crippen LogP contribution in [0.4, 0.5) is 0 Å². The van der Waals surface area contributed by atoms with Crippen molar-refractivity contribution in [1.29, 1.82) is 0 Å². The van der Waals surface area contributed by atoms with Crippen molar-refractivity contribution in [2.45, 2.75) is 93.0 Å². The maximum Gasteiger partial charge on any atom is 0.0429 e. The van der Waals surface area contributed by atoms with E-state index >= 15 is 0 Å². The molecule has 0 aromatic heterocycles. The summed E-state index contributed by atoms with van der Waals surface area (Å²) in [4.78, 5) is 5.11. The number of hydrogen-bond donors (Lipinski definition) is 0. The van der Waals surface area contributed by atoms with Gasteiger partial charge in [0.05, 0.1) is 0 Å². The highest BCUT2D eigenvalue weighted by molar-refractivity contribution is 6.30. The highest BCUT2D eigenvalue weighted by Gasteiger charge is 2.12. The summed E-state index contributed by atoms with van der Waals surface area (Å²) < 4.78 is 0. The first-order valence-corrected chi connectivity index (χ1v) is 16.5. The van der Waals surface area contributed by atoms with Gasteiger partial charge in [0.2, 0.25) is 0 Å². The third-order valence-electron chi connectivity index (χ3n) is 7.87. The van der Waals surface area contributed by atoms with Crippen molar-refractivity contribution in [3.05, 3.63) is 100 Å². The van der Waals surface area contributed by atoms with Crippen LogP contribution in [0.2, 0.25) is 5.02 Å². The van der Waals surface area contributed by atoms with E-state index in [1.54, 1.807) is 0 Å². The van der Waals surface area contributed by atoms with Crippen LogP contribution in [-0.2, 0) is 6.54 Å². The van der Waals surface area contributed by atoms with Crippen LogP contribution in [0.1, 0.15) is 103 Å². The fraction of sp³-hybridized carbons (Fsp3) is 0.474. The zero-order valence-corrected chi connectivity index (χ0v) is 27.7. The minimum absolute atomic E-state index is 0.499. The Bertz CT molecular complexity index is 1210. The summed E-state index contributed by atoms with van der Waals surface area (Å²) in [6.07, 6.45) is 12.8. The summed E-state index contributed by atoms with van der Waals surface area (Å²) in [6, 6.07) is 21.9. The second-order valence-electron chi connectivity index (χ2n) is 10.7. The molecule has 0 spiro atoms. The fourth-order valence-corrected chi connectivity index (χ4v) is 5.34. The maximum atomic E-state index is 6.45. The third kappa shape index (κ3) is 11.3. The Morgan fingerprint density at radius 2 is 1.56 bits per heavy atom. The number of halogens is 1. The van der Waals surface area contributed by atoms with Crippen molar-refractivity contribution in [2.24, 2.45) is 0 Å². The second kappa shape index (κ2) is 19.5. The van der Waals surface area contributed by atoms with Gasteiger partial charge in [0.25, 0.3) is 0 Å². The molecule has 0 fully saturated rings. The van der Waals surface area contributed by atoms with E-state index < -0.39 is 0 Å². The summed E-state index contributed by atoms with van der Waals surface area (Å²) >= 11 is 6.45. The number of rotatable bonds is 16. The standard InChI is InChI=1S/C36H49ClN2.C2H6/c1-6-10-17-35(22-20-33-27-34(37)21-23-36(33)29(5)7-2)39(25-14-13-24-38(8-3)9-4)28-30-18-19-31-15-11-12-16-32(31)26-30;1-2/h11-12,15-23,26-27,29H,6-10,13-14,24-25,28H2,1-5H3;1-2H3/b22-20+,35-17?;. The first-order chi connectivity index (χ1) is 20.0. The summed E-state index contributed by atoms with van der Waals surface area (Å²) in [5.74, 6) is 0.499. The molecule has 0 radical (unpaired) electrons. The Morgan fingerprint density at radius 3 is 2.24 bits per heavy atom. The molecule has 1 atom stereocenters. The molecule has 3 aromatic rings. The van der Waals surface area contributed by atoms with Crippen LogP contribution in [0, 0.1) is 0 Å². The fourth-order valence-electron chi connectivity index (χ4n) is 5.16. The highest BCUT2D eigenvalue weighted by Crippen LogP contribution is 2.28. The SMILES string of the molecule is CC.CCCC=C(/C=C/c1cc(Cl)ccc1C(C)CC)N(CCCCN(CC)CC)Cc1ccc2ccccc2c1. The van der Waals surface area contributed by atoms with Crippen molar-refractivity contribution in [2.75, 3.05) is 26.2 Å². The molecule has 3 aromatic carbocycles. The molecule has 3 rings (SSSR count). The van der Waals surface area contributed by atoms with E-state index in [1.807, 2.05) is 19.9 Å². The van der Waals surface area contributed by atoms with E-state index in [1.165, 1.54) is 52.5 Å². The molecule has 0 saturated heterocycles. The largest absolute Gasteiger partial charge is 0.367 e. The van der Waals surface area contributed by atoms with Gasteiger partial charge in [0.1, 0.15) is 0 Å². The van der Waals surface area contributed by atoms with Crippen molar-refractivity contribution < 1.29 is 0 Å². The molecule has 0 aliphatic carbocycles. The van der Waals surface area contributed by atoms with Crippen LogP contribution < -0.4 is 0 Å². The topological polar surface area (TPSA) is 6.48 Å². The van der Waals surface area contributed by atoms with Crippen LogP contribution >= 0.6 is 11.6 Å². The monoisotopic (exact) mass is 574 g/mol. The lowest BCUT2D eigenvalue weighted by Crippen LogP contribution is -2.26. The maximum absolute atomic E-state index is 6.45. The lowest BCUT2D eigenvalue weighted by atomic mass is 9.93. The summed E-state index contributed by atoms with van der Waals surface area (Å²) in [5, 5.41) is 3.40. The van der Waals surface area contributed by atoms with E-state index in [9.17, 15) is 0 Å². The van der Waals surface area contributed by atoms with Crippen LogP contribution in [0.25, 0.3) is 16.8 Å². The normalized spacial score (nSPS) is 12.6. The summed E-state index contributed by atoms with van der Waals surface area (Å²) in [6.45, 7) is 20.7. The zero-order chi connectivity index (χ0) is 30.0. The summed E-state index contributed by atoms with van der Waals surface area (Å²) in [5.41, 5.74) is 5.26. The van der Waals surface area contributed by atoms with Gasteiger partial charge in [-0.25, -0.2) is 0 Å². The summed E-state index contributed by atoms with van der Waals surface area (Å²) in [7, 11) is 0. The van der Waals surface area contributed by atoms with Gasteiger partial charge in [0, 0.05) is 23.8 Å². The van der Waals surface area contributed by atoms with Gasteiger partial charge in [-0.1, -0.05) is 121 Å². The Balaban J connectivity index is 0.00000287. The molecule has 0 aliphatic heterocycles. The number of allylic oxidation sites excluding steroid dienone is 2. The highest BCUT2D eigenvalue weighted by atomic mass is 35.5. The average Bonchev–Trinajstić information content (AvgIpc) is 3.01. The molecule has 0 amide bonds. The Labute approximate surface area is 257 Å². The number of unbranched alkanes of at least 4 members (excludes halogenated alkanes) is 2. The van der Waals surface area contributed by atoms with Crippen molar-refractivity contribution >= 4 is 28.4 Å². The average molecular weight is 575 g/mol.